The van der Waals surface area contributed by atoms with Crippen LogP contribution in [0.3, 0.4) is 0 Å². The van der Waals surface area contributed by atoms with Gasteiger partial charge in [-0.05, 0) is 43.8 Å². The van der Waals surface area contributed by atoms with Crippen molar-refractivity contribution in [1.82, 2.24) is 0 Å². The molecule has 4 rings (SSSR count). The van der Waals surface area contributed by atoms with Gasteiger partial charge in [-0.1, -0.05) is 251 Å². The van der Waals surface area contributed by atoms with Crippen LogP contribution in [0, 0.1) is 11.6 Å². The Morgan fingerprint density at radius 3 is 1.53 bits per heavy atom. The fourth-order valence-electron chi connectivity index (χ4n) is 9.36. The molecule has 0 saturated carbocycles. The number of halogens is 2. The molecule has 0 amide bonds. The van der Waals surface area contributed by atoms with E-state index in [0.29, 0.717) is 14.0 Å². The van der Waals surface area contributed by atoms with E-state index in [2.05, 4.69) is 95.6 Å². The molecule has 324 valence electrons. The molecular formula is C52H79F2NP2Si2. The molecule has 2 atom stereocenters. The van der Waals surface area contributed by atoms with Gasteiger partial charge in [0.25, 0.3) is 0 Å². The monoisotopic (exact) mass is 874 g/mol. The lowest BCUT2D eigenvalue weighted by Gasteiger charge is -2.38. The quantitative estimate of drug-likeness (QED) is 0.0388. The second kappa shape index (κ2) is 26.3. The Hall–Kier alpha value is -2.17. The number of benzene rings is 4. The van der Waals surface area contributed by atoms with E-state index < -0.39 is 23.9 Å². The smallest absolute Gasteiger partial charge is 0.146 e. The molecule has 0 aliphatic carbocycles. The summed E-state index contributed by atoms with van der Waals surface area (Å²) in [7, 11) is -4.58. The third kappa shape index (κ3) is 13.4. The Balaban J connectivity index is 2.08. The summed E-state index contributed by atoms with van der Waals surface area (Å²) in [6.07, 6.45) is 16.8. The second-order valence-electron chi connectivity index (χ2n) is 17.3. The molecule has 0 heterocycles. The first-order valence-corrected chi connectivity index (χ1v) is 32.2. The molecule has 0 bridgehead atoms. The minimum absolute atomic E-state index is 0.128. The molecule has 0 N–H and O–H groups in total. The van der Waals surface area contributed by atoms with Crippen LogP contribution in [0.2, 0.25) is 36.3 Å². The first-order chi connectivity index (χ1) is 28.8. The van der Waals surface area contributed by atoms with Crippen molar-refractivity contribution < 1.29 is 8.78 Å². The van der Waals surface area contributed by atoms with E-state index in [1.807, 2.05) is 36.4 Å². The maximum atomic E-state index is 16.5. The zero-order valence-electron chi connectivity index (χ0n) is 38.2. The molecule has 4 aromatic rings. The highest BCUT2D eigenvalue weighted by atomic mass is 32.1. The van der Waals surface area contributed by atoms with Crippen LogP contribution in [0.25, 0.3) is 11.1 Å². The van der Waals surface area contributed by atoms with E-state index in [1.54, 1.807) is 17.3 Å². The Morgan fingerprint density at radius 2 is 1.00 bits per heavy atom. The summed E-state index contributed by atoms with van der Waals surface area (Å²) in [5, 5.41) is 5.70. The van der Waals surface area contributed by atoms with Gasteiger partial charge in [0.15, 0.2) is 0 Å². The van der Waals surface area contributed by atoms with Crippen LogP contribution in [-0.2, 0) is 0 Å². The topological polar surface area (TPSA) is 3.24 Å². The van der Waals surface area contributed by atoms with E-state index in [9.17, 15) is 0 Å². The van der Waals surface area contributed by atoms with Gasteiger partial charge in [0, 0.05) is 25.2 Å². The largest absolute Gasteiger partial charge is 0.341 e. The van der Waals surface area contributed by atoms with Gasteiger partial charge >= 0.3 is 0 Å². The zero-order valence-corrected chi connectivity index (χ0v) is 42.1. The minimum atomic E-state index is -2.06. The van der Waals surface area contributed by atoms with Crippen LogP contribution in [0.1, 0.15) is 138 Å². The third-order valence-electron chi connectivity index (χ3n) is 12.9. The van der Waals surface area contributed by atoms with Crippen molar-refractivity contribution in [3.63, 3.8) is 0 Å². The highest BCUT2D eigenvalue weighted by Gasteiger charge is 2.38. The molecule has 0 radical (unpaired) electrons. The normalized spacial score (nSPS) is 12.8. The number of anilines is 1. The van der Waals surface area contributed by atoms with Crippen LogP contribution in [-0.4, -0.2) is 22.7 Å². The molecule has 2 unspecified atom stereocenters. The molecule has 0 spiro atoms. The van der Waals surface area contributed by atoms with E-state index in [1.165, 1.54) is 135 Å². The molecular weight excluding hydrogens is 795 g/mol. The summed E-state index contributed by atoms with van der Waals surface area (Å²) in [4.78, 5) is 0. The first-order valence-electron chi connectivity index (χ1n) is 23.9. The first kappa shape index (κ1) is 49.5. The summed E-state index contributed by atoms with van der Waals surface area (Å²) in [5.74, 6) is -0.278. The van der Waals surface area contributed by atoms with Gasteiger partial charge in [0.05, 0.1) is 21.8 Å². The van der Waals surface area contributed by atoms with Crippen LogP contribution >= 0.6 is 16.0 Å². The van der Waals surface area contributed by atoms with E-state index in [0.717, 1.165) is 24.9 Å². The number of unbranched alkanes of at least 4 members (excludes halogenated alkanes) is 7. The van der Waals surface area contributed by atoms with Gasteiger partial charge in [-0.2, -0.15) is 0 Å². The van der Waals surface area contributed by atoms with Gasteiger partial charge in [0.2, 0.25) is 0 Å². The Bertz CT molecular complexity index is 1760. The predicted octanol–water partition coefficient (Wildman–Crippen LogP) is 16.0. The summed E-state index contributed by atoms with van der Waals surface area (Å²) < 4.78 is 35.3. The van der Waals surface area contributed by atoms with Gasteiger partial charge < -0.3 is 4.67 Å². The SMILES string of the molecule is CCCCN(c1ccccc1F)P(Pc1cccc([Si](CCCC)(CCCC)CCCC)c1-c1ccccc1F)c1cccc([Si](CCCC)(CCCC)CCCC)c1. The van der Waals surface area contributed by atoms with Crippen LogP contribution in [0.4, 0.5) is 14.5 Å². The third-order valence-corrected chi connectivity index (χ3v) is 29.2. The minimum Gasteiger partial charge on any atom is -0.341 e. The summed E-state index contributed by atoms with van der Waals surface area (Å²) >= 11 is 0. The molecule has 59 heavy (non-hydrogen) atoms. The summed E-state index contributed by atoms with van der Waals surface area (Å²) in [5.41, 5.74) is 2.63. The van der Waals surface area contributed by atoms with Crippen molar-refractivity contribution in [3.05, 3.63) is 103 Å². The zero-order chi connectivity index (χ0) is 42.5. The van der Waals surface area contributed by atoms with Crippen molar-refractivity contribution in [1.29, 1.82) is 0 Å². The number of para-hydroxylation sites is 1. The van der Waals surface area contributed by atoms with Crippen molar-refractivity contribution in [3.8, 4) is 11.1 Å². The van der Waals surface area contributed by atoms with Crippen molar-refractivity contribution >= 4 is 58.8 Å². The van der Waals surface area contributed by atoms with Gasteiger partial charge in [-0.15, -0.1) is 0 Å². The van der Waals surface area contributed by atoms with Gasteiger partial charge in [-0.25, -0.2) is 8.78 Å². The molecule has 0 aliphatic rings. The molecule has 0 fully saturated rings. The average molecular weight is 874 g/mol. The Labute approximate surface area is 365 Å². The standard InChI is InChI=1S/C52H79F2NP2Si2/c1-8-15-36-55(49-33-25-24-32-48(49)54)57(44-28-26-29-45(43-44)58(37-16-9-2,38-17-10-3)39-18-11-4)56-50-34-27-35-51(52(50)46-30-22-23-31-47(46)53)59(40-19-12-5,41-20-13-6)42-21-14-7/h22-35,43,56H,8-21,36-42H2,1-7H3. The number of rotatable bonds is 29. The second-order valence-corrected chi connectivity index (χ2v) is 30.9. The fraction of sp³-hybridized carbons (Fsp3) is 0.538. The predicted molar refractivity (Wildman–Crippen MR) is 271 cm³/mol. The van der Waals surface area contributed by atoms with Crippen molar-refractivity contribution in [2.24, 2.45) is 0 Å². The lowest BCUT2D eigenvalue weighted by molar-refractivity contribution is 0.625. The highest BCUT2D eigenvalue weighted by Crippen LogP contribution is 2.59. The van der Waals surface area contributed by atoms with Gasteiger partial charge in [0.1, 0.15) is 11.6 Å². The lowest BCUT2D eigenvalue weighted by atomic mass is 10.0. The number of hydrogen-bond donors (Lipinski definition) is 0. The summed E-state index contributed by atoms with van der Waals surface area (Å²) in [6.45, 7) is 17.1. The molecule has 1 nitrogen and oxygen atoms in total. The Morgan fingerprint density at radius 1 is 0.508 bits per heavy atom. The molecule has 0 aromatic heterocycles. The van der Waals surface area contributed by atoms with Crippen LogP contribution in [0.15, 0.2) is 91.0 Å². The number of nitrogens with zero attached hydrogens (tertiary/aromatic N) is 1. The average Bonchev–Trinajstić information content (AvgIpc) is 3.26. The van der Waals surface area contributed by atoms with E-state index in [-0.39, 0.29) is 11.6 Å². The van der Waals surface area contributed by atoms with Crippen molar-refractivity contribution in [2.75, 3.05) is 11.2 Å². The molecule has 0 aliphatic heterocycles. The maximum Gasteiger partial charge on any atom is 0.146 e. The van der Waals surface area contributed by atoms with E-state index in [4.69, 9.17) is 0 Å². The number of hydrogen-bond acceptors (Lipinski definition) is 1. The molecule has 0 saturated heterocycles. The van der Waals surface area contributed by atoms with Crippen molar-refractivity contribution in [2.45, 2.75) is 175 Å². The summed E-state index contributed by atoms with van der Waals surface area (Å²) in [6, 6.07) is 39.7. The molecule has 4 aromatic carbocycles. The maximum absolute atomic E-state index is 16.5. The lowest BCUT2D eigenvalue weighted by Crippen LogP contribution is -2.49. The Kier molecular flexibility index (Phi) is 22.1. The van der Waals surface area contributed by atoms with E-state index >= 15 is 8.78 Å². The molecule has 7 heteroatoms. The fourth-order valence-corrected chi connectivity index (χ4v) is 26.7. The van der Waals surface area contributed by atoms with Crippen LogP contribution < -0.4 is 25.7 Å². The van der Waals surface area contributed by atoms with Gasteiger partial charge in [-0.3, -0.25) is 0 Å². The highest BCUT2D eigenvalue weighted by molar-refractivity contribution is 8.28. The van der Waals surface area contributed by atoms with Crippen LogP contribution in [0.5, 0.6) is 0 Å².